The molecule has 0 aromatic heterocycles. The van der Waals surface area contributed by atoms with Crippen molar-refractivity contribution in [2.45, 2.75) is 13.3 Å². The highest BCUT2D eigenvalue weighted by Crippen LogP contribution is 2.28. The summed E-state index contributed by atoms with van der Waals surface area (Å²) >= 11 is 0. The molecule has 1 aromatic carbocycles. The molecule has 0 saturated heterocycles. The lowest BCUT2D eigenvalue weighted by molar-refractivity contribution is -0.139. The molecule has 0 aliphatic carbocycles. The van der Waals surface area contributed by atoms with Gasteiger partial charge in [-0.2, -0.15) is 0 Å². The molecule has 100 valence electrons. The number of ether oxygens (including phenoxy) is 1. The number of hydrogen-bond acceptors (Lipinski definition) is 4. The minimum Gasteiger partial charge on any atom is -0.463 e. The Kier molecular flexibility index (Phi) is 3.50. The van der Waals surface area contributed by atoms with Gasteiger partial charge in [0.1, 0.15) is 11.6 Å². The third-order valence-corrected chi connectivity index (χ3v) is 2.73. The third-order valence-electron chi connectivity index (χ3n) is 2.73. The summed E-state index contributed by atoms with van der Waals surface area (Å²) in [7, 11) is 0. The van der Waals surface area contributed by atoms with Crippen molar-refractivity contribution < 1.29 is 18.7 Å². The van der Waals surface area contributed by atoms with Crippen molar-refractivity contribution in [3.63, 3.8) is 0 Å². The van der Waals surface area contributed by atoms with E-state index in [2.05, 4.69) is 0 Å². The zero-order valence-electron chi connectivity index (χ0n) is 10.4. The zero-order chi connectivity index (χ0) is 14.0. The second-order valence-electron chi connectivity index (χ2n) is 3.97. The van der Waals surface area contributed by atoms with E-state index in [1.165, 1.54) is 29.2 Å². The number of hydrogen-bond donors (Lipinski definition) is 1. The predicted octanol–water partition coefficient (Wildman–Crippen LogP) is 1.30. The molecule has 2 N–H and O–H groups in total. The van der Waals surface area contributed by atoms with Gasteiger partial charge in [0.15, 0.2) is 0 Å². The van der Waals surface area contributed by atoms with Crippen molar-refractivity contribution in [3.05, 3.63) is 41.5 Å². The van der Waals surface area contributed by atoms with Gasteiger partial charge in [0.2, 0.25) is 5.91 Å². The molecule has 0 bridgehead atoms. The maximum Gasteiger partial charge on any atom is 0.338 e. The van der Waals surface area contributed by atoms with Gasteiger partial charge in [-0.1, -0.05) is 0 Å². The van der Waals surface area contributed by atoms with Crippen LogP contribution < -0.4 is 10.6 Å². The number of halogens is 1. The van der Waals surface area contributed by atoms with Gasteiger partial charge in [0.25, 0.3) is 0 Å². The van der Waals surface area contributed by atoms with Gasteiger partial charge in [-0.15, -0.1) is 0 Å². The number of nitrogens with two attached hydrogens (primary N) is 1. The molecule has 0 spiro atoms. The van der Waals surface area contributed by atoms with Crippen LogP contribution in [0.2, 0.25) is 0 Å². The summed E-state index contributed by atoms with van der Waals surface area (Å²) in [6.07, 6.45) is -0.109. The van der Waals surface area contributed by atoms with Crippen LogP contribution in [0.25, 0.3) is 0 Å². The molecule has 1 heterocycles. The van der Waals surface area contributed by atoms with Crippen LogP contribution in [0.15, 0.2) is 35.7 Å². The van der Waals surface area contributed by atoms with E-state index < -0.39 is 11.8 Å². The average molecular weight is 264 g/mol. The van der Waals surface area contributed by atoms with E-state index in [1.54, 1.807) is 6.92 Å². The molecule has 0 radical (unpaired) electrons. The van der Waals surface area contributed by atoms with E-state index in [0.717, 1.165) is 0 Å². The summed E-state index contributed by atoms with van der Waals surface area (Å²) in [4.78, 5) is 24.7. The normalized spacial score (nSPS) is 15.1. The molecule has 6 heteroatoms. The number of esters is 1. The first-order valence-electron chi connectivity index (χ1n) is 5.79. The molecule has 0 atom stereocenters. The Morgan fingerprint density at radius 2 is 2.05 bits per heavy atom. The number of anilines is 1. The SMILES string of the molecule is CCOC(=O)C1=C(N)N(c2ccc(F)cc2)C(=O)C1. The van der Waals surface area contributed by atoms with Crippen LogP contribution in [0, 0.1) is 5.82 Å². The molecule has 1 amide bonds. The smallest absolute Gasteiger partial charge is 0.338 e. The number of carbonyl (C=O) groups excluding carboxylic acids is 2. The van der Waals surface area contributed by atoms with Crippen LogP contribution in [0.4, 0.5) is 10.1 Å². The van der Waals surface area contributed by atoms with E-state index in [0.29, 0.717) is 5.69 Å². The Balaban J connectivity index is 2.33. The first-order valence-corrected chi connectivity index (χ1v) is 5.79. The van der Waals surface area contributed by atoms with Crippen molar-refractivity contribution in [2.75, 3.05) is 11.5 Å². The van der Waals surface area contributed by atoms with Gasteiger partial charge in [0, 0.05) is 0 Å². The molecule has 0 unspecified atom stereocenters. The molecule has 19 heavy (non-hydrogen) atoms. The maximum atomic E-state index is 12.9. The van der Waals surface area contributed by atoms with Crippen LogP contribution in [-0.4, -0.2) is 18.5 Å². The van der Waals surface area contributed by atoms with Crippen molar-refractivity contribution in [1.29, 1.82) is 0 Å². The van der Waals surface area contributed by atoms with E-state index in [1.807, 2.05) is 0 Å². The minimum absolute atomic E-state index is 0.0371. The van der Waals surface area contributed by atoms with Crippen molar-refractivity contribution in [2.24, 2.45) is 5.73 Å². The molecule has 2 rings (SSSR count). The highest BCUT2D eigenvalue weighted by Gasteiger charge is 2.33. The Labute approximate surface area is 109 Å². The first kappa shape index (κ1) is 13.1. The molecule has 1 aliphatic heterocycles. The standard InChI is InChI=1S/C13H13FN2O3/c1-2-19-13(18)10-7-11(17)16(12(10)15)9-5-3-8(14)4-6-9/h3-6H,2,7,15H2,1H3. The Morgan fingerprint density at radius 3 is 2.63 bits per heavy atom. The van der Waals surface area contributed by atoms with Crippen LogP contribution in [0.5, 0.6) is 0 Å². The molecule has 5 nitrogen and oxygen atoms in total. The van der Waals surface area contributed by atoms with Gasteiger partial charge in [0.05, 0.1) is 24.3 Å². The summed E-state index contributed by atoms with van der Waals surface area (Å²) in [6, 6.07) is 5.29. The highest BCUT2D eigenvalue weighted by molar-refractivity contribution is 6.08. The monoisotopic (exact) mass is 264 g/mol. The number of rotatable bonds is 3. The number of carbonyl (C=O) groups is 2. The van der Waals surface area contributed by atoms with Crippen molar-refractivity contribution in [1.82, 2.24) is 0 Å². The highest BCUT2D eigenvalue weighted by atomic mass is 19.1. The van der Waals surface area contributed by atoms with Gasteiger partial charge < -0.3 is 10.5 Å². The van der Waals surface area contributed by atoms with Crippen molar-refractivity contribution >= 4 is 17.6 Å². The van der Waals surface area contributed by atoms with E-state index in [9.17, 15) is 14.0 Å². The van der Waals surface area contributed by atoms with Gasteiger partial charge >= 0.3 is 5.97 Å². The minimum atomic E-state index is -0.599. The van der Waals surface area contributed by atoms with Crippen molar-refractivity contribution in [3.8, 4) is 0 Å². The maximum absolute atomic E-state index is 12.9. The number of amides is 1. The second-order valence-corrected chi connectivity index (χ2v) is 3.97. The van der Waals surface area contributed by atoms with E-state index in [4.69, 9.17) is 10.5 Å². The average Bonchev–Trinajstić information content (AvgIpc) is 2.67. The van der Waals surface area contributed by atoms with Gasteiger partial charge in [-0.25, -0.2) is 9.18 Å². The topological polar surface area (TPSA) is 72.6 Å². The van der Waals surface area contributed by atoms with Crippen LogP contribution >= 0.6 is 0 Å². The summed E-state index contributed by atoms with van der Waals surface area (Å²) in [6.45, 7) is 1.88. The number of nitrogens with zero attached hydrogens (tertiary/aromatic N) is 1. The molecule has 1 aliphatic rings. The quantitative estimate of drug-likeness (QED) is 0.835. The second kappa shape index (κ2) is 5.09. The van der Waals surface area contributed by atoms with Gasteiger partial charge in [-0.05, 0) is 31.2 Å². The Bertz CT molecular complexity index is 552. The predicted molar refractivity (Wildman–Crippen MR) is 66.3 cm³/mol. The lowest BCUT2D eigenvalue weighted by Crippen LogP contribution is -2.28. The lowest BCUT2D eigenvalue weighted by Gasteiger charge is -2.17. The Morgan fingerprint density at radius 1 is 1.42 bits per heavy atom. The molecule has 0 fully saturated rings. The summed E-state index contributed by atoms with van der Waals surface area (Å²) in [5, 5.41) is 0. The third kappa shape index (κ3) is 2.42. The Hall–Kier alpha value is -2.37. The van der Waals surface area contributed by atoms with Crippen LogP contribution in [0.1, 0.15) is 13.3 Å². The molecule has 0 saturated carbocycles. The first-order chi connectivity index (χ1) is 9.04. The fraction of sp³-hybridized carbons (Fsp3) is 0.231. The summed E-state index contributed by atoms with van der Waals surface area (Å²) in [5.41, 5.74) is 6.36. The molecule has 1 aromatic rings. The summed E-state index contributed by atoms with van der Waals surface area (Å²) < 4.78 is 17.7. The van der Waals surface area contributed by atoms with Crippen LogP contribution in [0.3, 0.4) is 0 Å². The lowest BCUT2D eigenvalue weighted by atomic mass is 10.2. The fourth-order valence-electron chi connectivity index (χ4n) is 1.86. The summed E-state index contributed by atoms with van der Waals surface area (Å²) in [5.74, 6) is -1.32. The molecular formula is C13H13FN2O3. The number of benzene rings is 1. The van der Waals surface area contributed by atoms with E-state index >= 15 is 0 Å². The van der Waals surface area contributed by atoms with E-state index in [-0.39, 0.29) is 30.3 Å². The largest absolute Gasteiger partial charge is 0.463 e. The molecular weight excluding hydrogens is 251 g/mol. The van der Waals surface area contributed by atoms with Gasteiger partial charge in [-0.3, -0.25) is 9.69 Å². The zero-order valence-corrected chi connectivity index (χ0v) is 10.4. The fourth-order valence-corrected chi connectivity index (χ4v) is 1.86. The van der Waals surface area contributed by atoms with Crippen LogP contribution in [-0.2, 0) is 14.3 Å².